The summed E-state index contributed by atoms with van der Waals surface area (Å²) in [7, 11) is 0. The van der Waals surface area contributed by atoms with Crippen LogP contribution in [-0.2, 0) is 14.4 Å². The lowest BCUT2D eigenvalue weighted by atomic mass is 10.0. The van der Waals surface area contributed by atoms with Crippen molar-refractivity contribution in [3.63, 3.8) is 0 Å². The highest BCUT2D eigenvalue weighted by atomic mass is 19.2. The highest BCUT2D eigenvalue weighted by molar-refractivity contribution is 6.04. The molecular weight excluding hydrogens is 258 g/mol. The highest BCUT2D eigenvalue weighted by Gasteiger charge is 2.30. The molecule has 2 atom stereocenters. The summed E-state index contributed by atoms with van der Waals surface area (Å²) in [5.74, 6) is -3.04. The first-order valence-electron chi connectivity index (χ1n) is 5.84. The first-order valence-corrected chi connectivity index (χ1v) is 5.84. The number of nitrogens with one attached hydrogen (secondary N) is 2. The first kappa shape index (κ1) is 13.4. The van der Waals surface area contributed by atoms with E-state index in [0.717, 1.165) is 0 Å². The summed E-state index contributed by atoms with van der Waals surface area (Å²) in [6.45, 7) is 0. The molecule has 1 heterocycles. The lowest BCUT2D eigenvalue weighted by Gasteiger charge is -2.22. The Kier molecular flexibility index (Phi) is 3.73. The fraction of sp³-hybridized carbons (Fsp3) is 0.417. The van der Waals surface area contributed by atoms with Crippen molar-refractivity contribution in [1.82, 2.24) is 10.6 Å². The fourth-order valence-corrected chi connectivity index (χ4v) is 1.91. The molecule has 2 N–H and O–H groups in total. The molecule has 1 aliphatic carbocycles. The van der Waals surface area contributed by atoms with Crippen LogP contribution in [0, 0.1) is 0 Å². The van der Waals surface area contributed by atoms with Crippen LogP contribution in [-0.4, -0.2) is 29.9 Å². The first-order chi connectivity index (χ1) is 8.99. The third-order valence-electron chi connectivity index (χ3n) is 2.95. The predicted molar refractivity (Wildman–Crippen MR) is 61.1 cm³/mol. The van der Waals surface area contributed by atoms with Crippen molar-refractivity contribution in [3.05, 3.63) is 23.6 Å². The second-order valence-electron chi connectivity index (χ2n) is 4.34. The molecule has 0 aromatic rings. The van der Waals surface area contributed by atoms with E-state index in [2.05, 4.69) is 10.6 Å². The van der Waals surface area contributed by atoms with Gasteiger partial charge >= 0.3 is 0 Å². The van der Waals surface area contributed by atoms with Crippen molar-refractivity contribution in [2.45, 2.75) is 31.5 Å². The standard InChI is InChI=1S/C12H12F2N2O3/c13-7-3-1-2-6(10(7)14)11(18)15-8-4-5-9(17)16-12(8)19/h1-2,7-8H,3-5H2,(H,15,18)(H,16,17,19). The molecule has 0 aromatic carbocycles. The summed E-state index contributed by atoms with van der Waals surface area (Å²) in [6.07, 6.45) is 0.849. The van der Waals surface area contributed by atoms with Gasteiger partial charge in [-0.1, -0.05) is 12.2 Å². The van der Waals surface area contributed by atoms with E-state index in [4.69, 9.17) is 0 Å². The monoisotopic (exact) mass is 270 g/mol. The molecule has 0 saturated carbocycles. The molecule has 1 saturated heterocycles. The summed E-state index contributed by atoms with van der Waals surface area (Å²) < 4.78 is 26.5. The van der Waals surface area contributed by atoms with Gasteiger partial charge in [0.2, 0.25) is 11.8 Å². The van der Waals surface area contributed by atoms with Crippen LogP contribution in [0.4, 0.5) is 8.78 Å². The van der Waals surface area contributed by atoms with Gasteiger partial charge in [0, 0.05) is 12.8 Å². The van der Waals surface area contributed by atoms with E-state index in [0.29, 0.717) is 0 Å². The number of imide groups is 1. The van der Waals surface area contributed by atoms with E-state index in [1.807, 2.05) is 0 Å². The Balaban J connectivity index is 2.05. The largest absolute Gasteiger partial charge is 0.340 e. The van der Waals surface area contributed by atoms with E-state index in [9.17, 15) is 23.2 Å². The van der Waals surface area contributed by atoms with Crippen LogP contribution in [0.25, 0.3) is 0 Å². The van der Waals surface area contributed by atoms with Crippen LogP contribution < -0.4 is 10.6 Å². The molecule has 0 aromatic heterocycles. The van der Waals surface area contributed by atoms with Gasteiger partial charge in [-0.25, -0.2) is 8.78 Å². The number of hydrogen-bond donors (Lipinski definition) is 2. The quantitative estimate of drug-likeness (QED) is 0.714. The van der Waals surface area contributed by atoms with Crippen LogP contribution in [0.5, 0.6) is 0 Å². The molecule has 2 rings (SSSR count). The van der Waals surface area contributed by atoms with Gasteiger partial charge in [-0.3, -0.25) is 19.7 Å². The van der Waals surface area contributed by atoms with Crippen molar-refractivity contribution in [3.8, 4) is 0 Å². The molecule has 1 aliphatic heterocycles. The molecule has 1 fully saturated rings. The number of alkyl halides is 1. The Morgan fingerprint density at radius 3 is 2.84 bits per heavy atom. The Bertz CT molecular complexity index is 499. The van der Waals surface area contributed by atoms with Gasteiger partial charge in [0.1, 0.15) is 11.9 Å². The average Bonchev–Trinajstić information content (AvgIpc) is 2.36. The predicted octanol–water partition coefficient (Wildman–Crippen LogP) is 0.429. The Morgan fingerprint density at radius 1 is 1.42 bits per heavy atom. The maximum atomic E-state index is 13.4. The number of piperidine rings is 1. The van der Waals surface area contributed by atoms with Gasteiger partial charge < -0.3 is 5.32 Å². The minimum Gasteiger partial charge on any atom is -0.340 e. The Hall–Kier alpha value is -2.05. The number of halogens is 2. The fourth-order valence-electron chi connectivity index (χ4n) is 1.91. The maximum Gasteiger partial charge on any atom is 0.254 e. The van der Waals surface area contributed by atoms with Crippen LogP contribution in [0.2, 0.25) is 0 Å². The van der Waals surface area contributed by atoms with Gasteiger partial charge in [0.05, 0.1) is 5.57 Å². The average molecular weight is 270 g/mol. The zero-order valence-corrected chi connectivity index (χ0v) is 9.91. The second kappa shape index (κ2) is 5.29. The molecule has 102 valence electrons. The topological polar surface area (TPSA) is 75.3 Å². The van der Waals surface area contributed by atoms with Crippen LogP contribution in [0.15, 0.2) is 23.6 Å². The van der Waals surface area contributed by atoms with Crippen LogP contribution in [0.1, 0.15) is 19.3 Å². The molecule has 19 heavy (non-hydrogen) atoms. The van der Waals surface area contributed by atoms with E-state index >= 15 is 0 Å². The Morgan fingerprint density at radius 2 is 2.16 bits per heavy atom. The summed E-state index contributed by atoms with van der Waals surface area (Å²) in [5.41, 5.74) is -0.413. The van der Waals surface area contributed by atoms with Crippen molar-refractivity contribution in [2.24, 2.45) is 0 Å². The molecule has 2 aliphatic rings. The minimum atomic E-state index is -1.83. The lowest BCUT2D eigenvalue weighted by molar-refractivity contribution is -0.136. The molecular formula is C12H12F2N2O3. The summed E-state index contributed by atoms with van der Waals surface area (Å²) in [6, 6.07) is -0.904. The smallest absolute Gasteiger partial charge is 0.254 e. The normalized spacial score (nSPS) is 27.3. The van der Waals surface area contributed by atoms with Gasteiger partial charge in [-0.2, -0.15) is 0 Å². The number of rotatable bonds is 2. The number of allylic oxidation sites excluding steroid dienone is 2. The number of hydrogen-bond acceptors (Lipinski definition) is 3. The zero-order chi connectivity index (χ0) is 14.0. The molecule has 0 spiro atoms. The second-order valence-corrected chi connectivity index (χ2v) is 4.34. The van der Waals surface area contributed by atoms with E-state index < -0.39 is 41.3 Å². The molecule has 3 amide bonds. The molecule has 0 bridgehead atoms. The molecule has 7 heteroatoms. The van der Waals surface area contributed by atoms with Gasteiger partial charge in [0.25, 0.3) is 5.91 Å². The summed E-state index contributed by atoms with van der Waals surface area (Å²) in [4.78, 5) is 34.1. The summed E-state index contributed by atoms with van der Waals surface area (Å²) >= 11 is 0. The molecule has 2 unspecified atom stereocenters. The van der Waals surface area contributed by atoms with E-state index in [1.165, 1.54) is 12.2 Å². The maximum absolute atomic E-state index is 13.4. The van der Waals surface area contributed by atoms with Crippen molar-refractivity contribution in [1.29, 1.82) is 0 Å². The number of amides is 3. The summed E-state index contributed by atoms with van der Waals surface area (Å²) in [5, 5.41) is 4.35. The number of carbonyl (C=O) groups is 3. The van der Waals surface area contributed by atoms with Crippen molar-refractivity contribution < 1.29 is 23.2 Å². The molecule has 5 nitrogen and oxygen atoms in total. The molecule has 0 radical (unpaired) electrons. The minimum absolute atomic E-state index is 0.0970. The SMILES string of the molecule is O=C1CCC(NC(=O)C2=C(F)C(F)CC=C2)C(=O)N1. The van der Waals surface area contributed by atoms with Gasteiger partial charge in [-0.15, -0.1) is 0 Å². The van der Waals surface area contributed by atoms with Gasteiger partial charge in [0.15, 0.2) is 6.17 Å². The van der Waals surface area contributed by atoms with Crippen molar-refractivity contribution >= 4 is 17.7 Å². The third kappa shape index (κ3) is 2.86. The van der Waals surface area contributed by atoms with Crippen molar-refractivity contribution in [2.75, 3.05) is 0 Å². The lowest BCUT2D eigenvalue weighted by Crippen LogP contribution is -2.52. The number of carbonyl (C=O) groups excluding carboxylic acids is 3. The van der Waals surface area contributed by atoms with Crippen LogP contribution in [0.3, 0.4) is 0 Å². The van der Waals surface area contributed by atoms with Gasteiger partial charge in [-0.05, 0) is 6.42 Å². The van der Waals surface area contributed by atoms with E-state index in [1.54, 1.807) is 0 Å². The Labute approximate surface area is 107 Å². The van der Waals surface area contributed by atoms with Crippen LogP contribution >= 0.6 is 0 Å². The third-order valence-corrected chi connectivity index (χ3v) is 2.95. The zero-order valence-electron chi connectivity index (χ0n) is 9.91. The highest BCUT2D eigenvalue weighted by Crippen LogP contribution is 2.23. The van der Waals surface area contributed by atoms with E-state index in [-0.39, 0.29) is 19.3 Å².